The number of benzene rings is 3. The third kappa shape index (κ3) is 6.20. The summed E-state index contributed by atoms with van der Waals surface area (Å²) in [5.41, 5.74) is 5.26. The Bertz CT molecular complexity index is 1230. The summed E-state index contributed by atoms with van der Waals surface area (Å²) in [6.45, 7) is 3.61. The van der Waals surface area contributed by atoms with Gasteiger partial charge in [-0.15, -0.1) is 0 Å². The number of rotatable bonds is 11. The Labute approximate surface area is 222 Å². The van der Waals surface area contributed by atoms with Crippen LogP contribution in [-0.2, 0) is 25.7 Å². The van der Waals surface area contributed by atoms with Gasteiger partial charge in [-0.05, 0) is 41.2 Å². The van der Waals surface area contributed by atoms with Crippen molar-refractivity contribution in [2.75, 3.05) is 6.61 Å². The van der Waals surface area contributed by atoms with Gasteiger partial charge in [-0.3, -0.25) is 4.79 Å². The van der Waals surface area contributed by atoms with Gasteiger partial charge in [-0.1, -0.05) is 85.8 Å². The lowest BCUT2D eigenvalue weighted by atomic mass is 9.98. The lowest BCUT2D eigenvalue weighted by molar-refractivity contribution is -0.142. The summed E-state index contributed by atoms with van der Waals surface area (Å²) >= 11 is 0. The monoisotopic (exact) mass is 516 g/mol. The summed E-state index contributed by atoms with van der Waals surface area (Å²) in [7, 11) is 0. The Morgan fingerprint density at radius 2 is 1.45 bits per heavy atom. The van der Waals surface area contributed by atoms with Crippen LogP contribution in [0, 0.1) is 0 Å². The highest BCUT2D eigenvalue weighted by Gasteiger charge is 2.33. The minimum Gasteiger partial charge on any atom is -0.480 e. The largest absolute Gasteiger partial charge is 0.480 e. The molecule has 0 fully saturated rings. The van der Waals surface area contributed by atoms with Crippen molar-refractivity contribution in [1.29, 1.82) is 0 Å². The molecule has 8 nitrogen and oxygen atoms in total. The van der Waals surface area contributed by atoms with Crippen molar-refractivity contribution in [3.63, 3.8) is 0 Å². The first-order valence-electron chi connectivity index (χ1n) is 12.7. The lowest BCUT2D eigenvalue weighted by Crippen LogP contribution is -2.56. The van der Waals surface area contributed by atoms with Crippen molar-refractivity contribution in [3.05, 3.63) is 95.6 Å². The number of fused-ring (bicyclic) bond motifs is 3. The molecule has 3 atom stereocenters. The normalized spacial score (nSPS) is 14.5. The lowest BCUT2D eigenvalue weighted by Gasteiger charge is -2.26. The summed E-state index contributed by atoms with van der Waals surface area (Å²) in [5, 5.41) is 14.5. The van der Waals surface area contributed by atoms with E-state index in [9.17, 15) is 19.5 Å². The van der Waals surface area contributed by atoms with E-state index < -0.39 is 36.2 Å². The number of ether oxygens (including phenoxy) is 2. The van der Waals surface area contributed by atoms with Gasteiger partial charge >= 0.3 is 12.1 Å². The number of amides is 2. The third-order valence-electron chi connectivity index (χ3n) is 6.75. The van der Waals surface area contributed by atoms with Crippen LogP contribution >= 0.6 is 0 Å². The molecule has 0 aliphatic heterocycles. The van der Waals surface area contributed by atoms with Crippen molar-refractivity contribution in [2.45, 2.75) is 51.0 Å². The highest BCUT2D eigenvalue weighted by Crippen LogP contribution is 2.44. The molecular weight excluding hydrogens is 484 g/mol. The second kappa shape index (κ2) is 12.4. The highest BCUT2D eigenvalue weighted by molar-refractivity contribution is 5.89. The van der Waals surface area contributed by atoms with Crippen LogP contribution in [0.3, 0.4) is 0 Å². The highest BCUT2D eigenvalue weighted by atomic mass is 16.5. The van der Waals surface area contributed by atoms with E-state index in [1.54, 1.807) is 13.8 Å². The van der Waals surface area contributed by atoms with E-state index in [-0.39, 0.29) is 25.6 Å². The van der Waals surface area contributed by atoms with Gasteiger partial charge in [0.2, 0.25) is 5.91 Å². The number of carbonyl (C=O) groups excluding carboxylic acids is 2. The molecule has 1 aliphatic rings. The van der Waals surface area contributed by atoms with Crippen molar-refractivity contribution < 1.29 is 29.0 Å². The van der Waals surface area contributed by atoms with Crippen molar-refractivity contribution in [1.82, 2.24) is 10.6 Å². The standard InChI is InChI=1S/C30H32N2O6/c1-3-26(29(34)35)31-28(33)27(19(2)37-17-20-11-5-4-6-12-20)32-30(36)38-18-25-23-15-9-7-13-21(23)22-14-8-10-16-24(22)25/h4-16,19,25-27H,3,17-18H2,1-2H3,(H,31,33)(H,32,36)(H,34,35)/t19-,26?,27+/m0/s1. The Balaban J connectivity index is 1.45. The zero-order valence-electron chi connectivity index (χ0n) is 21.4. The topological polar surface area (TPSA) is 114 Å². The van der Waals surface area contributed by atoms with Crippen LogP contribution in [0.2, 0.25) is 0 Å². The predicted molar refractivity (Wildman–Crippen MR) is 143 cm³/mol. The zero-order chi connectivity index (χ0) is 27.1. The second-order valence-corrected chi connectivity index (χ2v) is 9.26. The molecule has 1 unspecified atom stereocenters. The molecule has 3 N–H and O–H groups in total. The molecule has 0 saturated carbocycles. The molecular formula is C30H32N2O6. The molecule has 2 amide bonds. The first-order valence-corrected chi connectivity index (χ1v) is 12.7. The maximum Gasteiger partial charge on any atom is 0.407 e. The van der Waals surface area contributed by atoms with Gasteiger partial charge < -0.3 is 25.2 Å². The number of aliphatic carboxylic acids is 1. The Kier molecular flexibility index (Phi) is 8.76. The predicted octanol–water partition coefficient (Wildman–Crippen LogP) is 4.48. The molecule has 1 aliphatic carbocycles. The van der Waals surface area contributed by atoms with Crippen LogP contribution < -0.4 is 10.6 Å². The number of hydrogen-bond acceptors (Lipinski definition) is 5. The molecule has 198 valence electrons. The van der Waals surface area contributed by atoms with Crippen molar-refractivity contribution >= 4 is 18.0 Å². The van der Waals surface area contributed by atoms with Gasteiger partial charge in [-0.25, -0.2) is 9.59 Å². The van der Waals surface area contributed by atoms with Crippen LogP contribution in [0.4, 0.5) is 4.79 Å². The molecule has 4 rings (SSSR count). The van der Waals surface area contributed by atoms with Gasteiger partial charge in [0.05, 0.1) is 12.7 Å². The average Bonchev–Trinajstić information content (AvgIpc) is 3.26. The van der Waals surface area contributed by atoms with Crippen molar-refractivity contribution in [2.24, 2.45) is 0 Å². The number of carbonyl (C=O) groups is 3. The molecule has 3 aromatic carbocycles. The van der Waals surface area contributed by atoms with Crippen LogP contribution in [0.25, 0.3) is 11.1 Å². The number of alkyl carbamates (subject to hydrolysis) is 1. The van der Waals surface area contributed by atoms with Crippen LogP contribution in [-0.4, -0.2) is 47.9 Å². The molecule has 0 saturated heterocycles. The molecule has 0 radical (unpaired) electrons. The van der Waals surface area contributed by atoms with Gasteiger partial charge in [0, 0.05) is 5.92 Å². The zero-order valence-corrected chi connectivity index (χ0v) is 21.4. The minimum atomic E-state index is -1.16. The summed E-state index contributed by atoms with van der Waals surface area (Å²) in [5.74, 6) is -1.95. The van der Waals surface area contributed by atoms with Gasteiger partial charge in [-0.2, -0.15) is 0 Å². The van der Waals surface area contributed by atoms with Crippen LogP contribution in [0.15, 0.2) is 78.9 Å². The smallest absolute Gasteiger partial charge is 0.407 e. The average molecular weight is 517 g/mol. The van der Waals surface area contributed by atoms with E-state index in [2.05, 4.69) is 10.6 Å². The molecule has 0 spiro atoms. The van der Waals surface area contributed by atoms with E-state index in [1.165, 1.54) is 0 Å². The SMILES string of the molecule is CCC(NC(=O)[C@H](NC(=O)OCC1c2ccccc2-c2ccccc21)[C@H](C)OCc1ccccc1)C(=O)O. The fourth-order valence-corrected chi connectivity index (χ4v) is 4.66. The Morgan fingerprint density at radius 1 is 0.868 bits per heavy atom. The van der Waals surface area contributed by atoms with Gasteiger partial charge in [0.15, 0.2) is 0 Å². The number of hydrogen-bond donors (Lipinski definition) is 3. The Hall–Kier alpha value is -4.17. The maximum absolute atomic E-state index is 13.1. The summed E-state index contributed by atoms with van der Waals surface area (Å²) in [4.78, 5) is 37.5. The maximum atomic E-state index is 13.1. The summed E-state index contributed by atoms with van der Waals surface area (Å²) in [6, 6.07) is 23.2. The first-order chi connectivity index (χ1) is 18.4. The molecule has 3 aromatic rings. The van der Waals surface area contributed by atoms with Crippen molar-refractivity contribution in [3.8, 4) is 11.1 Å². The summed E-state index contributed by atoms with van der Waals surface area (Å²) < 4.78 is 11.5. The molecule has 0 aromatic heterocycles. The number of carboxylic acids is 1. The second-order valence-electron chi connectivity index (χ2n) is 9.26. The van der Waals surface area contributed by atoms with Crippen LogP contribution in [0.5, 0.6) is 0 Å². The fourth-order valence-electron chi connectivity index (χ4n) is 4.66. The third-order valence-corrected chi connectivity index (χ3v) is 6.75. The molecule has 0 bridgehead atoms. The van der Waals surface area contributed by atoms with Gasteiger partial charge in [0.25, 0.3) is 0 Å². The van der Waals surface area contributed by atoms with E-state index in [4.69, 9.17) is 9.47 Å². The fraction of sp³-hybridized carbons (Fsp3) is 0.300. The van der Waals surface area contributed by atoms with Gasteiger partial charge in [0.1, 0.15) is 18.7 Å². The summed E-state index contributed by atoms with van der Waals surface area (Å²) in [6.07, 6.45) is -1.36. The quantitative estimate of drug-likeness (QED) is 0.346. The van der Waals surface area contributed by atoms with E-state index in [1.807, 2.05) is 78.9 Å². The number of carboxylic acid groups (broad SMARTS) is 1. The van der Waals surface area contributed by atoms with E-state index >= 15 is 0 Å². The Morgan fingerprint density at radius 3 is 2.03 bits per heavy atom. The van der Waals surface area contributed by atoms with E-state index in [0.29, 0.717) is 0 Å². The molecule has 38 heavy (non-hydrogen) atoms. The number of nitrogens with one attached hydrogen (secondary N) is 2. The first kappa shape index (κ1) is 26.9. The van der Waals surface area contributed by atoms with Crippen LogP contribution in [0.1, 0.15) is 42.9 Å². The molecule has 0 heterocycles. The van der Waals surface area contributed by atoms with E-state index in [0.717, 1.165) is 27.8 Å². The molecule has 8 heteroatoms. The minimum absolute atomic E-state index is 0.0835.